The monoisotopic (exact) mass is 228 g/mol. The van der Waals surface area contributed by atoms with Crippen molar-refractivity contribution in [3.8, 4) is 6.07 Å². The summed E-state index contributed by atoms with van der Waals surface area (Å²) in [6.45, 7) is 2.26. The molecule has 1 unspecified atom stereocenters. The average Bonchev–Trinajstić information content (AvgIpc) is 2.14. The van der Waals surface area contributed by atoms with E-state index in [0.29, 0.717) is 16.6 Å². The smallest absolute Gasteiger partial charge is 0.0845 e. The molecular formula is C10H10Cl2N2. The summed E-state index contributed by atoms with van der Waals surface area (Å²) in [5, 5.41) is 12.7. The summed E-state index contributed by atoms with van der Waals surface area (Å²) in [7, 11) is 0. The van der Waals surface area contributed by atoms with Crippen LogP contribution in [-0.2, 0) is 0 Å². The number of nitrogens with zero attached hydrogens (tertiary/aromatic N) is 1. The lowest BCUT2D eigenvalue weighted by molar-refractivity contribution is 0.621. The number of benzene rings is 1. The van der Waals surface area contributed by atoms with Gasteiger partial charge in [-0.2, -0.15) is 5.26 Å². The van der Waals surface area contributed by atoms with Crippen molar-refractivity contribution >= 4 is 23.2 Å². The molecule has 0 aliphatic heterocycles. The van der Waals surface area contributed by atoms with Crippen LogP contribution in [0.5, 0.6) is 0 Å². The Kier molecular flexibility index (Phi) is 4.21. The van der Waals surface area contributed by atoms with Gasteiger partial charge in [-0.15, -0.1) is 0 Å². The summed E-state index contributed by atoms with van der Waals surface area (Å²) >= 11 is 11.8. The van der Waals surface area contributed by atoms with Gasteiger partial charge in [-0.25, -0.2) is 0 Å². The van der Waals surface area contributed by atoms with Crippen LogP contribution < -0.4 is 5.32 Å². The van der Waals surface area contributed by atoms with Crippen LogP contribution in [0.15, 0.2) is 18.2 Å². The van der Waals surface area contributed by atoms with Crippen molar-refractivity contribution in [3.63, 3.8) is 0 Å². The second-order valence-corrected chi connectivity index (χ2v) is 3.77. The zero-order valence-corrected chi connectivity index (χ0v) is 9.23. The third-order valence-electron chi connectivity index (χ3n) is 1.92. The van der Waals surface area contributed by atoms with Crippen LogP contribution in [0, 0.1) is 11.3 Å². The van der Waals surface area contributed by atoms with Crippen molar-refractivity contribution in [2.75, 3.05) is 6.54 Å². The van der Waals surface area contributed by atoms with Gasteiger partial charge in [0.2, 0.25) is 0 Å². The van der Waals surface area contributed by atoms with E-state index in [1.54, 1.807) is 12.1 Å². The molecule has 0 aromatic heterocycles. The summed E-state index contributed by atoms with van der Waals surface area (Å²) < 4.78 is 0. The number of hydrogen-bond acceptors (Lipinski definition) is 2. The van der Waals surface area contributed by atoms with E-state index in [2.05, 4.69) is 5.32 Å². The zero-order valence-electron chi connectivity index (χ0n) is 7.72. The fourth-order valence-electron chi connectivity index (χ4n) is 1.16. The van der Waals surface area contributed by atoms with Crippen molar-refractivity contribution < 1.29 is 0 Å². The van der Waals surface area contributed by atoms with Crippen molar-refractivity contribution in [3.05, 3.63) is 33.8 Å². The summed E-state index contributed by atoms with van der Waals surface area (Å²) in [5.74, 6) is 0. The fraction of sp³-hybridized carbons (Fsp3) is 0.300. The van der Waals surface area contributed by atoms with Gasteiger partial charge in [0.25, 0.3) is 0 Å². The van der Waals surface area contributed by atoms with Gasteiger partial charge in [-0.05, 0) is 24.6 Å². The number of rotatable bonds is 3. The van der Waals surface area contributed by atoms with Crippen LogP contribution >= 0.6 is 23.2 Å². The molecular weight excluding hydrogens is 219 g/mol. The number of hydrogen-bond donors (Lipinski definition) is 1. The highest BCUT2D eigenvalue weighted by atomic mass is 35.5. The predicted octanol–water partition coefficient (Wildman–Crippen LogP) is 3.17. The first-order chi connectivity index (χ1) is 6.65. The van der Waals surface area contributed by atoms with Crippen LogP contribution in [0.4, 0.5) is 0 Å². The molecule has 0 aliphatic rings. The molecule has 14 heavy (non-hydrogen) atoms. The molecule has 0 amide bonds. The van der Waals surface area contributed by atoms with E-state index in [1.807, 2.05) is 19.1 Å². The average molecular weight is 229 g/mol. The molecule has 4 heteroatoms. The first kappa shape index (κ1) is 11.3. The summed E-state index contributed by atoms with van der Waals surface area (Å²) in [4.78, 5) is 0. The standard InChI is InChI=1S/C10H10Cl2N2/c1-7(14-5-4-13)9-3-2-8(11)6-10(9)12/h2-3,6-7,14H,5H2,1H3. The molecule has 0 saturated carbocycles. The lowest BCUT2D eigenvalue weighted by Crippen LogP contribution is -2.18. The van der Waals surface area contributed by atoms with E-state index in [0.717, 1.165) is 5.56 Å². The highest BCUT2D eigenvalue weighted by Crippen LogP contribution is 2.25. The molecule has 0 aliphatic carbocycles. The second kappa shape index (κ2) is 5.21. The Hall–Kier alpha value is -0.750. The van der Waals surface area contributed by atoms with Crippen LogP contribution in [0.2, 0.25) is 10.0 Å². The van der Waals surface area contributed by atoms with Gasteiger partial charge in [0, 0.05) is 16.1 Å². The van der Waals surface area contributed by atoms with Gasteiger partial charge < -0.3 is 0 Å². The Labute approximate surface area is 93.4 Å². The van der Waals surface area contributed by atoms with Gasteiger partial charge in [-0.1, -0.05) is 29.3 Å². The normalized spacial score (nSPS) is 12.1. The lowest BCUT2D eigenvalue weighted by atomic mass is 10.1. The number of nitriles is 1. The minimum atomic E-state index is 0.0550. The first-order valence-corrected chi connectivity index (χ1v) is 4.96. The Morgan fingerprint density at radius 1 is 1.50 bits per heavy atom. The summed E-state index contributed by atoms with van der Waals surface area (Å²) in [5.41, 5.74) is 0.950. The Balaban J connectivity index is 2.80. The lowest BCUT2D eigenvalue weighted by Gasteiger charge is -2.13. The summed E-state index contributed by atoms with van der Waals surface area (Å²) in [6, 6.07) is 7.42. The largest absolute Gasteiger partial charge is 0.298 e. The van der Waals surface area contributed by atoms with Gasteiger partial charge in [0.1, 0.15) is 0 Å². The van der Waals surface area contributed by atoms with E-state index >= 15 is 0 Å². The Bertz CT molecular complexity index is 358. The maximum atomic E-state index is 8.41. The van der Waals surface area contributed by atoms with Crippen LogP contribution in [0.3, 0.4) is 0 Å². The maximum absolute atomic E-state index is 8.41. The van der Waals surface area contributed by atoms with Gasteiger partial charge in [0.05, 0.1) is 12.6 Å². The molecule has 0 heterocycles. The number of nitrogens with one attached hydrogen (secondary N) is 1. The molecule has 2 nitrogen and oxygen atoms in total. The molecule has 0 radical (unpaired) electrons. The highest BCUT2D eigenvalue weighted by Gasteiger charge is 2.08. The van der Waals surface area contributed by atoms with Crippen molar-refractivity contribution in [1.29, 1.82) is 5.26 Å². The fourth-order valence-corrected chi connectivity index (χ4v) is 1.73. The molecule has 1 aromatic rings. The van der Waals surface area contributed by atoms with Crippen molar-refractivity contribution in [1.82, 2.24) is 5.32 Å². The quantitative estimate of drug-likeness (QED) is 0.808. The third-order valence-corrected chi connectivity index (χ3v) is 2.48. The topological polar surface area (TPSA) is 35.8 Å². The van der Waals surface area contributed by atoms with Crippen LogP contribution in [-0.4, -0.2) is 6.54 Å². The van der Waals surface area contributed by atoms with Gasteiger partial charge in [-0.3, -0.25) is 5.32 Å². The zero-order chi connectivity index (χ0) is 10.6. The first-order valence-electron chi connectivity index (χ1n) is 4.20. The van der Waals surface area contributed by atoms with Gasteiger partial charge in [0.15, 0.2) is 0 Å². The third kappa shape index (κ3) is 2.88. The molecule has 0 saturated heterocycles. The molecule has 1 N–H and O–H groups in total. The highest BCUT2D eigenvalue weighted by molar-refractivity contribution is 6.35. The maximum Gasteiger partial charge on any atom is 0.0845 e. The van der Waals surface area contributed by atoms with Crippen molar-refractivity contribution in [2.24, 2.45) is 0 Å². The second-order valence-electron chi connectivity index (χ2n) is 2.93. The molecule has 74 valence electrons. The summed E-state index contributed by atoms with van der Waals surface area (Å²) in [6.07, 6.45) is 0. The van der Waals surface area contributed by atoms with E-state index in [4.69, 9.17) is 28.5 Å². The number of halogens is 2. The Morgan fingerprint density at radius 2 is 2.21 bits per heavy atom. The van der Waals surface area contributed by atoms with Crippen LogP contribution in [0.25, 0.3) is 0 Å². The van der Waals surface area contributed by atoms with E-state index in [-0.39, 0.29) is 6.04 Å². The van der Waals surface area contributed by atoms with E-state index in [1.165, 1.54) is 0 Å². The Morgan fingerprint density at radius 3 is 2.79 bits per heavy atom. The molecule has 0 fully saturated rings. The molecule has 1 rings (SSSR count). The SMILES string of the molecule is CC(NCC#N)c1ccc(Cl)cc1Cl. The van der Waals surface area contributed by atoms with E-state index < -0.39 is 0 Å². The van der Waals surface area contributed by atoms with E-state index in [9.17, 15) is 0 Å². The molecule has 1 atom stereocenters. The minimum Gasteiger partial charge on any atom is -0.298 e. The minimum absolute atomic E-state index is 0.0550. The molecule has 0 bridgehead atoms. The predicted molar refractivity (Wildman–Crippen MR) is 58.5 cm³/mol. The molecule has 0 spiro atoms. The molecule has 1 aromatic carbocycles. The van der Waals surface area contributed by atoms with Crippen molar-refractivity contribution in [2.45, 2.75) is 13.0 Å². The van der Waals surface area contributed by atoms with Gasteiger partial charge >= 0.3 is 0 Å². The van der Waals surface area contributed by atoms with Crippen LogP contribution in [0.1, 0.15) is 18.5 Å².